The lowest BCUT2D eigenvalue weighted by Crippen LogP contribution is -2.53. The van der Waals surface area contributed by atoms with Crippen LogP contribution < -0.4 is 5.32 Å². The average molecular weight is 314 g/mol. The fourth-order valence-electron chi connectivity index (χ4n) is 4.02. The molecular weight excluding hydrogens is 288 g/mol. The van der Waals surface area contributed by atoms with Crippen LogP contribution in [0.3, 0.4) is 0 Å². The molecule has 1 saturated carbocycles. The molecule has 1 aromatic rings. The first-order chi connectivity index (χ1) is 11.0. The molecule has 2 aliphatic rings. The predicted molar refractivity (Wildman–Crippen MR) is 90.1 cm³/mol. The summed E-state index contributed by atoms with van der Waals surface area (Å²) in [6.45, 7) is 2.69. The number of carbonyl (C=O) groups is 2. The Hall–Kier alpha value is -1.84. The van der Waals surface area contributed by atoms with Crippen LogP contribution in [0.2, 0.25) is 0 Å². The third-order valence-electron chi connectivity index (χ3n) is 5.42. The van der Waals surface area contributed by atoms with Crippen LogP contribution in [0.1, 0.15) is 49.7 Å². The largest absolute Gasteiger partial charge is 0.351 e. The van der Waals surface area contributed by atoms with Gasteiger partial charge in [0.05, 0.1) is 5.41 Å². The van der Waals surface area contributed by atoms with Gasteiger partial charge in [-0.15, -0.1) is 0 Å². The van der Waals surface area contributed by atoms with Gasteiger partial charge >= 0.3 is 0 Å². The van der Waals surface area contributed by atoms with Crippen LogP contribution in [0.5, 0.6) is 0 Å². The summed E-state index contributed by atoms with van der Waals surface area (Å²) in [5.74, 6) is 0.318. The van der Waals surface area contributed by atoms with Crippen molar-refractivity contribution in [2.45, 2.75) is 56.9 Å². The van der Waals surface area contributed by atoms with Crippen LogP contribution in [0.15, 0.2) is 24.3 Å². The number of likely N-dealkylation sites (tertiary alicyclic amines) is 1. The Morgan fingerprint density at radius 1 is 1.30 bits per heavy atom. The van der Waals surface area contributed by atoms with Gasteiger partial charge < -0.3 is 10.2 Å². The third-order valence-corrected chi connectivity index (χ3v) is 5.42. The zero-order valence-electron chi connectivity index (χ0n) is 14.1. The van der Waals surface area contributed by atoms with Gasteiger partial charge in [-0.1, -0.05) is 42.7 Å². The van der Waals surface area contributed by atoms with E-state index in [0.29, 0.717) is 13.0 Å². The highest BCUT2D eigenvalue weighted by atomic mass is 16.2. The fraction of sp³-hybridized carbons (Fsp3) is 0.579. The molecule has 0 aromatic heterocycles. The van der Waals surface area contributed by atoms with Crippen molar-refractivity contribution in [3.8, 4) is 0 Å². The minimum absolute atomic E-state index is 0.0764. The molecule has 4 nitrogen and oxygen atoms in total. The average Bonchev–Trinajstić information content (AvgIpc) is 3.02. The van der Waals surface area contributed by atoms with Gasteiger partial charge in [0, 0.05) is 26.1 Å². The van der Waals surface area contributed by atoms with Gasteiger partial charge in [0.1, 0.15) is 0 Å². The summed E-state index contributed by atoms with van der Waals surface area (Å²) in [6.07, 6.45) is 5.32. The van der Waals surface area contributed by atoms with Gasteiger partial charge in [0.15, 0.2) is 0 Å². The summed E-state index contributed by atoms with van der Waals surface area (Å²) in [5, 5.41) is 3.24. The third kappa shape index (κ3) is 3.12. The Morgan fingerprint density at radius 2 is 2.04 bits per heavy atom. The van der Waals surface area contributed by atoms with Crippen LogP contribution >= 0.6 is 0 Å². The number of aryl methyl sites for hydroxylation is 1. The number of hydrogen-bond donors (Lipinski definition) is 1. The lowest BCUT2D eigenvalue weighted by Gasteiger charge is -2.34. The van der Waals surface area contributed by atoms with E-state index in [2.05, 4.69) is 30.4 Å². The number of amides is 2. The SMILES string of the molecule is Cc1cccc(C2(C(=O)N[C@H]3CCC(=O)N(C)C3)CCCC2)c1. The molecule has 1 N–H and O–H groups in total. The van der Waals surface area contributed by atoms with E-state index in [1.165, 1.54) is 5.56 Å². The molecule has 1 aromatic carbocycles. The van der Waals surface area contributed by atoms with E-state index in [1.54, 1.807) is 4.90 Å². The van der Waals surface area contributed by atoms with Gasteiger partial charge in [0.25, 0.3) is 0 Å². The van der Waals surface area contributed by atoms with Crippen molar-refractivity contribution in [1.29, 1.82) is 0 Å². The van der Waals surface area contributed by atoms with Crippen molar-refractivity contribution in [3.05, 3.63) is 35.4 Å². The zero-order chi connectivity index (χ0) is 16.4. The van der Waals surface area contributed by atoms with Crippen LogP contribution in [0.4, 0.5) is 0 Å². The molecule has 1 heterocycles. The van der Waals surface area contributed by atoms with Crippen molar-refractivity contribution in [3.63, 3.8) is 0 Å². The second kappa shape index (κ2) is 6.34. The fourth-order valence-corrected chi connectivity index (χ4v) is 4.02. The molecule has 3 rings (SSSR count). The molecule has 2 fully saturated rings. The predicted octanol–water partition coefficient (Wildman–Crippen LogP) is 2.54. The minimum Gasteiger partial charge on any atom is -0.351 e. The Balaban J connectivity index is 1.78. The number of likely N-dealkylation sites (N-methyl/N-ethyl adjacent to an activating group) is 1. The van der Waals surface area contributed by atoms with E-state index in [9.17, 15) is 9.59 Å². The van der Waals surface area contributed by atoms with Crippen LogP contribution in [-0.4, -0.2) is 36.3 Å². The van der Waals surface area contributed by atoms with Gasteiger partial charge in [-0.05, 0) is 31.7 Å². The van der Waals surface area contributed by atoms with Crippen LogP contribution in [-0.2, 0) is 15.0 Å². The molecule has 0 spiro atoms. The number of nitrogens with one attached hydrogen (secondary N) is 1. The first-order valence-electron chi connectivity index (χ1n) is 8.63. The van der Waals surface area contributed by atoms with Gasteiger partial charge in [-0.3, -0.25) is 9.59 Å². The Kier molecular flexibility index (Phi) is 4.42. The molecule has 4 heteroatoms. The van der Waals surface area contributed by atoms with Crippen molar-refractivity contribution in [1.82, 2.24) is 10.2 Å². The van der Waals surface area contributed by atoms with Crippen molar-refractivity contribution in [2.24, 2.45) is 0 Å². The number of rotatable bonds is 3. The maximum atomic E-state index is 13.1. The first kappa shape index (κ1) is 16.0. The van der Waals surface area contributed by atoms with Gasteiger partial charge in [-0.2, -0.15) is 0 Å². The zero-order valence-corrected chi connectivity index (χ0v) is 14.1. The quantitative estimate of drug-likeness (QED) is 0.932. The van der Waals surface area contributed by atoms with Crippen molar-refractivity contribution in [2.75, 3.05) is 13.6 Å². The summed E-state index contributed by atoms with van der Waals surface area (Å²) < 4.78 is 0. The second-order valence-corrected chi connectivity index (χ2v) is 7.14. The summed E-state index contributed by atoms with van der Waals surface area (Å²) in [7, 11) is 1.81. The molecule has 124 valence electrons. The maximum Gasteiger partial charge on any atom is 0.230 e. The van der Waals surface area contributed by atoms with E-state index in [4.69, 9.17) is 0 Å². The number of nitrogens with zero attached hydrogens (tertiary/aromatic N) is 1. The highest BCUT2D eigenvalue weighted by Crippen LogP contribution is 2.41. The number of piperidine rings is 1. The Morgan fingerprint density at radius 3 is 2.70 bits per heavy atom. The molecule has 0 bridgehead atoms. The summed E-state index contributed by atoms with van der Waals surface area (Å²) in [5.41, 5.74) is 1.96. The minimum atomic E-state index is -0.383. The van der Waals surface area contributed by atoms with Crippen molar-refractivity contribution >= 4 is 11.8 Å². The molecule has 0 unspecified atom stereocenters. The van der Waals surface area contributed by atoms with E-state index in [1.807, 2.05) is 13.1 Å². The molecular formula is C19H26N2O2. The number of hydrogen-bond acceptors (Lipinski definition) is 2. The van der Waals surface area contributed by atoms with E-state index < -0.39 is 0 Å². The molecule has 1 aliphatic heterocycles. The van der Waals surface area contributed by atoms with E-state index >= 15 is 0 Å². The monoisotopic (exact) mass is 314 g/mol. The first-order valence-corrected chi connectivity index (χ1v) is 8.63. The van der Waals surface area contributed by atoms with E-state index in [0.717, 1.165) is 37.7 Å². The van der Waals surface area contributed by atoms with Crippen molar-refractivity contribution < 1.29 is 9.59 Å². The summed E-state index contributed by atoms with van der Waals surface area (Å²) >= 11 is 0. The lowest BCUT2D eigenvalue weighted by atomic mass is 9.77. The lowest BCUT2D eigenvalue weighted by molar-refractivity contribution is -0.135. The standard InChI is InChI=1S/C19H26N2O2/c1-14-6-5-7-15(12-14)19(10-3-4-11-19)18(23)20-16-8-9-17(22)21(2)13-16/h5-7,12,16H,3-4,8-11,13H2,1-2H3,(H,20,23)/t16-/m0/s1. The topological polar surface area (TPSA) is 49.4 Å². The highest BCUT2D eigenvalue weighted by molar-refractivity contribution is 5.89. The highest BCUT2D eigenvalue weighted by Gasteiger charge is 2.43. The Labute approximate surface area is 138 Å². The van der Waals surface area contributed by atoms with Gasteiger partial charge in [0.2, 0.25) is 11.8 Å². The summed E-state index contributed by atoms with van der Waals surface area (Å²) in [6, 6.07) is 8.44. The molecule has 2 amide bonds. The van der Waals surface area contributed by atoms with Gasteiger partial charge in [-0.25, -0.2) is 0 Å². The molecule has 1 saturated heterocycles. The molecule has 1 aliphatic carbocycles. The molecule has 1 atom stereocenters. The summed E-state index contributed by atoms with van der Waals surface area (Å²) in [4.78, 5) is 26.5. The maximum absolute atomic E-state index is 13.1. The van der Waals surface area contributed by atoms with Crippen LogP contribution in [0, 0.1) is 6.92 Å². The smallest absolute Gasteiger partial charge is 0.230 e. The van der Waals surface area contributed by atoms with Crippen LogP contribution in [0.25, 0.3) is 0 Å². The number of carbonyl (C=O) groups excluding carboxylic acids is 2. The molecule has 0 radical (unpaired) electrons. The molecule has 23 heavy (non-hydrogen) atoms. The second-order valence-electron chi connectivity index (χ2n) is 7.14. The van der Waals surface area contributed by atoms with E-state index in [-0.39, 0.29) is 23.3 Å². The number of benzene rings is 1. The normalized spacial score (nSPS) is 23.8. The Bertz CT molecular complexity index is 605.